The van der Waals surface area contributed by atoms with Gasteiger partial charge in [-0.3, -0.25) is 0 Å². The molecule has 1 fully saturated rings. The van der Waals surface area contributed by atoms with Crippen LogP contribution in [0, 0.1) is 5.92 Å². The van der Waals surface area contributed by atoms with E-state index in [-0.39, 0.29) is 0 Å². The minimum atomic E-state index is 0.340. The van der Waals surface area contributed by atoms with Crippen LogP contribution in [0.2, 0.25) is 0 Å². The molecule has 1 aliphatic heterocycles. The Balaban J connectivity index is 1.92. The van der Waals surface area contributed by atoms with Gasteiger partial charge in [0.1, 0.15) is 0 Å². The Bertz CT molecular complexity index is 270. The van der Waals surface area contributed by atoms with Gasteiger partial charge in [0, 0.05) is 6.42 Å². The molecule has 1 aromatic rings. The van der Waals surface area contributed by atoms with Crippen LogP contribution >= 0.6 is 11.8 Å². The average Bonchev–Trinajstić information content (AvgIpc) is 2.76. The Kier molecular flexibility index (Phi) is 2.85. The lowest BCUT2D eigenvalue weighted by atomic mass is 10.1. The number of rotatable bonds is 3. The first kappa shape index (κ1) is 9.02. The summed E-state index contributed by atoms with van der Waals surface area (Å²) in [7, 11) is 0. The summed E-state index contributed by atoms with van der Waals surface area (Å²) in [4.78, 5) is 4.18. The molecule has 13 heavy (non-hydrogen) atoms. The SMILES string of the molecule is NCc1nc(CC2CCSC2)no1. The summed E-state index contributed by atoms with van der Waals surface area (Å²) < 4.78 is 4.93. The third-order valence-corrected chi connectivity index (χ3v) is 3.41. The lowest BCUT2D eigenvalue weighted by Crippen LogP contribution is -2.04. The lowest BCUT2D eigenvalue weighted by Gasteiger charge is -2.01. The Morgan fingerprint density at radius 2 is 2.54 bits per heavy atom. The summed E-state index contributed by atoms with van der Waals surface area (Å²) in [6.45, 7) is 0.340. The largest absolute Gasteiger partial charge is 0.338 e. The van der Waals surface area contributed by atoms with Crippen molar-refractivity contribution in [2.75, 3.05) is 11.5 Å². The minimum Gasteiger partial charge on any atom is -0.338 e. The van der Waals surface area contributed by atoms with Gasteiger partial charge in [0.05, 0.1) is 6.54 Å². The van der Waals surface area contributed by atoms with E-state index in [0.29, 0.717) is 12.4 Å². The van der Waals surface area contributed by atoms with E-state index in [9.17, 15) is 0 Å². The Hall–Kier alpha value is -0.550. The van der Waals surface area contributed by atoms with Crippen molar-refractivity contribution in [1.29, 1.82) is 0 Å². The van der Waals surface area contributed by atoms with Crippen molar-refractivity contribution < 1.29 is 4.52 Å². The smallest absolute Gasteiger partial charge is 0.240 e. The second kappa shape index (κ2) is 4.11. The van der Waals surface area contributed by atoms with Gasteiger partial charge in [-0.15, -0.1) is 0 Å². The second-order valence-corrected chi connectivity index (χ2v) is 4.39. The van der Waals surface area contributed by atoms with Gasteiger partial charge in [-0.25, -0.2) is 0 Å². The van der Waals surface area contributed by atoms with Crippen molar-refractivity contribution in [3.8, 4) is 0 Å². The van der Waals surface area contributed by atoms with Crippen LogP contribution in [0.5, 0.6) is 0 Å². The Morgan fingerprint density at radius 1 is 1.62 bits per heavy atom. The van der Waals surface area contributed by atoms with Gasteiger partial charge in [0.25, 0.3) is 0 Å². The molecule has 1 atom stereocenters. The molecule has 0 aromatic carbocycles. The van der Waals surface area contributed by atoms with E-state index >= 15 is 0 Å². The van der Waals surface area contributed by atoms with Crippen molar-refractivity contribution in [1.82, 2.24) is 10.1 Å². The lowest BCUT2D eigenvalue weighted by molar-refractivity contribution is 0.372. The standard InChI is InChI=1S/C8H13N3OS/c9-4-8-10-7(11-12-8)3-6-1-2-13-5-6/h6H,1-5,9H2. The van der Waals surface area contributed by atoms with Gasteiger partial charge in [-0.05, 0) is 23.8 Å². The van der Waals surface area contributed by atoms with Crippen molar-refractivity contribution >= 4 is 11.8 Å². The number of nitrogens with two attached hydrogens (primary N) is 1. The zero-order valence-electron chi connectivity index (χ0n) is 7.40. The molecule has 0 saturated carbocycles. The minimum absolute atomic E-state index is 0.340. The van der Waals surface area contributed by atoms with Gasteiger partial charge in [-0.1, -0.05) is 5.16 Å². The highest BCUT2D eigenvalue weighted by molar-refractivity contribution is 7.99. The normalized spacial score (nSPS) is 22.4. The fraction of sp³-hybridized carbons (Fsp3) is 0.750. The van der Waals surface area contributed by atoms with Crippen LogP contribution in [-0.2, 0) is 13.0 Å². The van der Waals surface area contributed by atoms with Gasteiger partial charge < -0.3 is 10.3 Å². The van der Waals surface area contributed by atoms with Gasteiger partial charge in [0.2, 0.25) is 5.89 Å². The fourth-order valence-electron chi connectivity index (χ4n) is 1.46. The summed E-state index contributed by atoms with van der Waals surface area (Å²) in [6.07, 6.45) is 2.22. The first-order valence-corrected chi connectivity index (χ1v) is 5.63. The molecule has 0 spiro atoms. The van der Waals surface area contributed by atoms with E-state index in [1.807, 2.05) is 11.8 Å². The van der Waals surface area contributed by atoms with Gasteiger partial charge in [-0.2, -0.15) is 16.7 Å². The fourth-order valence-corrected chi connectivity index (χ4v) is 2.74. The molecule has 1 aromatic heterocycles. The molecule has 2 rings (SSSR count). The number of hydrogen-bond donors (Lipinski definition) is 1. The molecule has 72 valence electrons. The van der Waals surface area contributed by atoms with Crippen molar-refractivity contribution in [2.45, 2.75) is 19.4 Å². The van der Waals surface area contributed by atoms with E-state index in [4.69, 9.17) is 10.3 Å². The number of aromatic nitrogens is 2. The molecule has 0 bridgehead atoms. The molecule has 4 nitrogen and oxygen atoms in total. The maximum absolute atomic E-state index is 5.37. The van der Waals surface area contributed by atoms with Crippen LogP contribution in [-0.4, -0.2) is 21.6 Å². The molecule has 1 unspecified atom stereocenters. The molecular weight excluding hydrogens is 186 g/mol. The Morgan fingerprint density at radius 3 is 3.15 bits per heavy atom. The average molecular weight is 199 g/mol. The van der Waals surface area contributed by atoms with E-state index in [0.717, 1.165) is 18.2 Å². The molecule has 1 saturated heterocycles. The molecule has 0 radical (unpaired) electrons. The predicted molar refractivity (Wildman–Crippen MR) is 51.3 cm³/mol. The molecule has 1 aliphatic rings. The monoisotopic (exact) mass is 199 g/mol. The highest BCUT2D eigenvalue weighted by Gasteiger charge is 2.18. The van der Waals surface area contributed by atoms with E-state index in [1.54, 1.807) is 0 Å². The van der Waals surface area contributed by atoms with Crippen LogP contribution in [0.25, 0.3) is 0 Å². The summed E-state index contributed by atoms with van der Waals surface area (Å²) in [6, 6.07) is 0. The Labute approximate surface area is 81.3 Å². The van der Waals surface area contributed by atoms with Crippen molar-refractivity contribution in [3.05, 3.63) is 11.7 Å². The van der Waals surface area contributed by atoms with E-state index in [2.05, 4.69) is 10.1 Å². The zero-order chi connectivity index (χ0) is 9.10. The quantitative estimate of drug-likeness (QED) is 0.781. The first-order chi connectivity index (χ1) is 6.38. The molecule has 0 aliphatic carbocycles. The molecule has 0 amide bonds. The third-order valence-electron chi connectivity index (χ3n) is 2.18. The predicted octanol–water partition coefficient (Wildman–Crippen LogP) is 0.824. The van der Waals surface area contributed by atoms with Crippen LogP contribution in [0.4, 0.5) is 0 Å². The summed E-state index contributed by atoms with van der Waals surface area (Å²) in [5, 5.41) is 3.88. The third kappa shape index (κ3) is 2.22. The van der Waals surface area contributed by atoms with Crippen molar-refractivity contribution in [3.63, 3.8) is 0 Å². The number of thioether (sulfide) groups is 1. The number of hydrogen-bond acceptors (Lipinski definition) is 5. The molecule has 5 heteroatoms. The highest BCUT2D eigenvalue weighted by atomic mass is 32.2. The van der Waals surface area contributed by atoms with E-state index < -0.39 is 0 Å². The first-order valence-electron chi connectivity index (χ1n) is 4.47. The molecular formula is C8H13N3OS. The van der Waals surface area contributed by atoms with Crippen LogP contribution in [0.1, 0.15) is 18.1 Å². The van der Waals surface area contributed by atoms with Crippen LogP contribution in [0.3, 0.4) is 0 Å². The summed E-state index contributed by atoms with van der Waals surface area (Å²) in [5.74, 6) is 4.58. The number of nitrogens with zero attached hydrogens (tertiary/aromatic N) is 2. The summed E-state index contributed by atoms with van der Waals surface area (Å²) >= 11 is 2.00. The topological polar surface area (TPSA) is 64.9 Å². The van der Waals surface area contributed by atoms with Crippen LogP contribution < -0.4 is 5.73 Å². The highest BCUT2D eigenvalue weighted by Crippen LogP contribution is 2.25. The zero-order valence-corrected chi connectivity index (χ0v) is 8.22. The molecule has 2 N–H and O–H groups in total. The maximum Gasteiger partial charge on any atom is 0.240 e. The maximum atomic E-state index is 5.37. The second-order valence-electron chi connectivity index (χ2n) is 3.24. The van der Waals surface area contributed by atoms with Gasteiger partial charge >= 0.3 is 0 Å². The van der Waals surface area contributed by atoms with Gasteiger partial charge in [0.15, 0.2) is 5.82 Å². The van der Waals surface area contributed by atoms with Crippen LogP contribution in [0.15, 0.2) is 4.52 Å². The molecule has 2 heterocycles. The van der Waals surface area contributed by atoms with Crippen molar-refractivity contribution in [2.24, 2.45) is 11.7 Å². The van der Waals surface area contributed by atoms with E-state index in [1.165, 1.54) is 17.9 Å². The summed E-state index contributed by atoms with van der Waals surface area (Å²) in [5.41, 5.74) is 5.37.